The number of carbonyl (C=O) groups excluding carboxylic acids is 1. The van der Waals surface area contributed by atoms with Crippen molar-refractivity contribution in [1.82, 2.24) is 0 Å². The SMILES string of the molecule is N/C(=N\O)C1=NNc2ccccc2N(Cc2ccccc2)C1=O. The lowest BCUT2D eigenvalue weighted by atomic mass is 10.1. The second-order valence-electron chi connectivity index (χ2n) is 4.95. The largest absolute Gasteiger partial charge is 0.409 e. The molecule has 7 heteroatoms. The average molecular weight is 309 g/mol. The zero-order valence-electron chi connectivity index (χ0n) is 12.2. The van der Waals surface area contributed by atoms with E-state index in [1.54, 1.807) is 11.0 Å². The van der Waals surface area contributed by atoms with Gasteiger partial charge >= 0.3 is 0 Å². The second kappa shape index (κ2) is 6.18. The molecule has 0 unspecified atom stereocenters. The molecule has 2 aromatic rings. The predicted octanol–water partition coefficient (Wildman–Crippen LogP) is 1.75. The van der Waals surface area contributed by atoms with Crippen LogP contribution in [0.25, 0.3) is 0 Å². The normalized spacial score (nSPS) is 14.6. The molecule has 2 aromatic carbocycles. The van der Waals surface area contributed by atoms with Crippen LogP contribution in [0.1, 0.15) is 5.56 Å². The molecular weight excluding hydrogens is 294 g/mol. The highest BCUT2D eigenvalue weighted by molar-refractivity contribution is 6.68. The Hall–Kier alpha value is -3.35. The number of nitrogens with one attached hydrogen (secondary N) is 1. The summed E-state index contributed by atoms with van der Waals surface area (Å²) in [7, 11) is 0. The number of fused-ring (bicyclic) bond motifs is 1. The average Bonchev–Trinajstić information content (AvgIpc) is 2.73. The van der Waals surface area contributed by atoms with Crippen LogP contribution in [0.5, 0.6) is 0 Å². The van der Waals surface area contributed by atoms with Gasteiger partial charge in [-0.05, 0) is 17.7 Å². The van der Waals surface area contributed by atoms with Crippen LogP contribution in [0.3, 0.4) is 0 Å². The summed E-state index contributed by atoms with van der Waals surface area (Å²) in [5.74, 6) is -0.782. The van der Waals surface area contributed by atoms with Crippen molar-refractivity contribution >= 4 is 28.8 Å². The van der Waals surface area contributed by atoms with Crippen molar-refractivity contribution in [3.63, 3.8) is 0 Å². The number of nitrogens with zero attached hydrogens (tertiary/aromatic N) is 3. The number of oxime groups is 1. The van der Waals surface area contributed by atoms with Crippen LogP contribution in [0.15, 0.2) is 64.9 Å². The molecule has 3 rings (SSSR count). The quantitative estimate of drug-likeness (QED) is 0.348. The van der Waals surface area contributed by atoms with Gasteiger partial charge in [-0.2, -0.15) is 5.10 Å². The van der Waals surface area contributed by atoms with Crippen LogP contribution in [0.4, 0.5) is 11.4 Å². The number of hydrogen-bond donors (Lipinski definition) is 3. The van der Waals surface area contributed by atoms with E-state index in [4.69, 9.17) is 10.9 Å². The summed E-state index contributed by atoms with van der Waals surface area (Å²) in [5.41, 5.74) is 10.5. The Labute approximate surface area is 132 Å². The Balaban J connectivity index is 2.05. The monoisotopic (exact) mass is 309 g/mol. The molecule has 0 aromatic heterocycles. The molecule has 0 fully saturated rings. The maximum Gasteiger partial charge on any atom is 0.283 e. The van der Waals surface area contributed by atoms with Gasteiger partial charge < -0.3 is 15.8 Å². The molecule has 0 atom stereocenters. The minimum absolute atomic E-state index is 0.139. The molecule has 4 N–H and O–H groups in total. The van der Waals surface area contributed by atoms with Gasteiger partial charge in [0.2, 0.25) is 0 Å². The smallest absolute Gasteiger partial charge is 0.283 e. The van der Waals surface area contributed by atoms with Crippen LogP contribution in [0.2, 0.25) is 0 Å². The number of amidine groups is 1. The first kappa shape index (κ1) is 14.6. The third-order valence-corrected chi connectivity index (χ3v) is 3.46. The summed E-state index contributed by atoms with van der Waals surface area (Å²) >= 11 is 0. The third-order valence-electron chi connectivity index (χ3n) is 3.46. The molecule has 0 aliphatic carbocycles. The van der Waals surface area contributed by atoms with E-state index < -0.39 is 5.91 Å². The van der Waals surface area contributed by atoms with E-state index in [2.05, 4.69) is 15.7 Å². The highest BCUT2D eigenvalue weighted by atomic mass is 16.4. The molecule has 1 heterocycles. The first-order valence-electron chi connectivity index (χ1n) is 6.97. The van der Waals surface area contributed by atoms with Crippen LogP contribution in [0, 0.1) is 0 Å². The molecule has 0 radical (unpaired) electrons. The Morgan fingerprint density at radius 2 is 1.87 bits per heavy atom. The van der Waals surface area contributed by atoms with Crippen molar-refractivity contribution in [2.75, 3.05) is 10.3 Å². The van der Waals surface area contributed by atoms with E-state index in [9.17, 15) is 4.79 Å². The summed E-state index contributed by atoms with van der Waals surface area (Å²) < 4.78 is 0. The number of rotatable bonds is 3. The van der Waals surface area contributed by atoms with Crippen molar-refractivity contribution in [1.29, 1.82) is 0 Å². The highest BCUT2D eigenvalue weighted by Gasteiger charge is 2.29. The fourth-order valence-corrected chi connectivity index (χ4v) is 2.34. The van der Waals surface area contributed by atoms with Crippen molar-refractivity contribution in [2.24, 2.45) is 16.0 Å². The highest BCUT2D eigenvalue weighted by Crippen LogP contribution is 2.29. The van der Waals surface area contributed by atoms with E-state index in [1.165, 1.54) is 0 Å². The summed E-state index contributed by atoms with van der Waals surface area (Å²) in [6.07, 6.45) is 0. The molecule has 116 valence electrons. The topological polar surface area (TPSA) is 103 Å². The standard InChI is InChI=1S/C16H15N5O2/c17-15(20-23)14-16(22)21(10-11-6-2-1-3-7-11)13-9-5-4-8-12(13)18-19-14/h1-9,18,23H,10H2,(H2,17,20). The van der Waals surface area contributed by atoms with Crippen molar-refractivity contribution in [3.8, 4) is 0 Å². The number of carbonyl (C=O) groups is 1. The zero-order chi connectivity index (χ0) is 16.2. The summed E-state index contributed by atoms with van der Waals surface area (Å²) in [4.78, 5) is 14.3. The van der Waals surface area contributed by atoms with E-state index >= 15 is 0 Å². The summed E-state index contributed by atoms with van der Waals surface area (Å²) in [5, 5.41) is 15.7. The van der Waals surface area contributed by atoms with Gasteiger partial charge in [-0.3, -0.25) is 10.2 Å². The molecule has 23 heavy (non-hydrogen) atoms. The fourth-order valence-electron chi connectivity index (χ4n) is 2.34. The number of para-hydroxylation sites is 2. The number of hydrazone groups is 1. The second-order valence-corrected chi connectivity index (χ2v) is 4.95. The Kier molecular flexibility index (Phi) is 3.92. The van der Waals surface area contributed by atoms with Gasteiger partial charge in [-0.1, -0.05) is 47.6 Å². The van der Waals surface area contributed by atoms with E-state index in [0.29, 0.717) is 17.9 Å². The predicted molar refractivity (Wildman–Crippen MR) is 88.5 cm³/mol. The van der Waals surface area contributed by atoms with Gasteiger partial charge in [0.25, 0.3) is 5.91 Å². The Bertz CT molecular complexity index is 786. The van der Waals surface area contributed by atoms with Crippen LogP contribution in [-0.4, -0.2) is 22.7 Å². The molecule has 0 saturated heterocycles. The lowest BCUT2D eigenvalue weighted by Crippen LogP contribution is -2.42. The first-order valence-corrected chi connectivity index (χ1v) is 6.97. The zero-order valence-corrected chi connectivity index (χ0v) is 12.2. The molecule has 0 saturated carbocycles. The lowest BCUT2D eigenvalue weighted by Gasteiger charge is -2.22. The number of amides is 1. The maximum atomic E-state index is 12.8. The van der Waals surface area contributed by atoms with Crippen LogP contribution < -0.4 is 16.1 Å². The number of nitrogens with two attached hydrogens (primary N) is 1. The van der Waals surface area contributed by atoms with Crippen molar-refractivity contribution in [2.45, 2.75) is 6.54 Å². The van der Waals surface area contributed by atoms with Gasteiger partial charge in [0.05, 0.1) is 17.9 Å². The minimum Gasteiger partial charge on any atom is -0.409 e. The molecular formula is C16H15N5O2. The van der Waals surface area contributed by atoms with Gasteiger partial charge in [0, 0.05) is 0 Å². The molecule has 7 nitrogen and oxygen atoms in total. The van der Waals surface area contributed by atoms with E-state index in [1.807, 2.05) is 48.5 Å². The Morgan fingerprint density at radius 1 is 1.17 bits per heavy atom. The number of hydrogen-bond acceptors (Lipinski definition) is 5. The van der Waals surface area contributed by atoms with Crippen molar-refractivity contribution in [3.05, 3.63) is 60.2 Å². The molecule has 1 aliphatic heterocycles. The maximum absolute atomic E-state index is 12.8. The van der Waals surface area contributed by atoms with Gasteiger partial charge in [0.15, 0.2) is 11.5 Å². The van der Waals surface area contributed by atoms with E-state index in [0.717, 1.165) is 5.56 Å². The lowest BCUT2D eigenvalue weighted by molar-refractivity contribution is -0.112. The van der Waals surface area contributed by atoms with Crippen molar-refractivity contribution < 1.29 is 10.0 Å². The summed E-state index contributed by atoms with van der Waals surface area (Å²) in [6.45, 7) is 0.343. The molecule has 0 bridgehead atoms. The van der Waals surface area contributed by atoms with Gasteiger partial charge in [-0.25, -0.2) is 0 Å². The van der Waals surface area contributed by atoms with Gasteiger partial charge in [0.1, 0.15) is 0 Å². The number of anilines is 2. The molecule has 1 aliphatic rings. The Morgan fingerprint density at radius 3 is 2.61 bits per heavy atom. The van der Waals surface area contributed by atoms with Crippen LogP contribution in [-0.2, 0) is 11.3 Å². The molecule has 1 amide bonds. The first-order chi connectivity index (χ1) is 11.2. The van der Waals surface area contributed by atoms with Gasteiger partial charge in [-0.15, -0.1) is 0 Å². The molecule has 0 spiro atoms. The van der Waals surface area contributed by atoms with Crippen LogP contribution >= 0.6 is 0 Å². The minimum atomic E-state index is -0.443. The third kappa shape index (κ3) is 2.84. The fraction of sp³-hybridized carbons (Fsp3) is 0.0625. The van der Waals surface area contributed by atoms with E-state index in [-0.39, 0.29) is 11.5 Å². The number of benzene rings is 2. The summed E-state index contributed by atoms with van der Waals surface area (Å²) in [6, 6.07) is 16.9.